The highest BCUT2D eigenvalue weighted by Gasteiger charge is 2.37. The smallest absolute Gasteiger partial charge is 0.235 e. The zero-order chi connectivity index (χ0) is 20.8. The van der Waals surface area contributed by atoms with Crippen molar-refractivity contribution in [3.63, 3.8) is 0 Å². The second-order valence-electron chi connectivity index (χ2n) is 7.23. The van der Waals surface area contributed by atoms with Gasteiger partial charge in [-0.05, 0) is 49.2 Å². The standard InChI is InChI=1S/C25H23N3O2/c29-24(27-19-15-17-26-18-16-19)22-13-7-8-14-23(22)25(30)28(20-9-3-1-4-10-20)21-11-5-2-6-12-21/h1-12,15-18,22-23H,13-14H2,(H,26,27,29). The van der Waals surface area contributed by atoms with Crippen LogP contribution in [0.5, 0.6) is 0 Å². The molecule has 1 N–H and O–H groups in total. The number of allylic oxidation sites excluding steroid dienone is 2. The summed E-state index contributed by atoms with van der Waals surface area (Å²) in [6.45, 7) is 0. The Bertz CT molecular complexity index is 981. The summed E-state index contributed by atoms with van der Waals surface area (Å²) in [5.41, 5.74) is 2.26. The van der Waals surface area contributed by atoms with Crippen molar-refractivity contribution in [3.8, 4) is 0 Å². The van der Waals surface area contributed by atoms with E-state index in [2.05, 4.69) is 10.3 Å². The van der Waals surface area contributed by atoms with Gasteiger partial charge in [-0.15, -0.1) is 0 Å². The number of nitrogens with zero attached hydrogens (tertiary/aromatic N) is 2. The molecule has 0 radical (unpaired) electrons. The Labute approximate surface area is 176 Å². The van der Waals surface area contributed by atoms with Gasteiger partial charge >= 0.3 is 0 Å². The zero-order valence-corrected chi connectivity index (χ0v) is 16.5. The lowest BCUT2D eigenvalue weighted by Gasteiger charge is -2.32. The molecule has 30 heavy (non-hydrogen) atoms. The molecule has 0 saturated heterocycles. The lowest BCUT2D eigenvalue weighted by Crippen LogP contribution is -2.41. The van der Waals surface area contributed by atoms with Gasteiger partial charge in [0, 0.05) is 29.5 Å². The first kappa shape index (κ1) is 19.6. The van der Waals surface area contributed by atoms with E-state index in [0.717, 1.165) is 11.4 Å². The van der Waals surface area contributed by atoms with E-state index >= 15 is 0 Å². The zero-order valence-electron chi connectivity index (χ0n) is 16.5. The van der Waals surface area contributed by atoms with Crippen LogP contribution in [0, 0.1) is 11.8 Å². The van der Waals surface area contributed by atoms with Crippen LogP contribution in [-0.4, -0.2) is 16.8 Å². The summed E-state index contributed by atoms with van der Waals surface area (Å²) < 4.78 is 0. The van der Waals surface area contributed by atoms with Gasteiger partial charge in [-0.1, -0.05) is 48.6 Å². The van der Waals surface area contributed by atoms with Crippen LogP contribution in [0.4, 0.5) is 17.1 Å². The molecule has 0 saturated carbocycles. The number of nitrogens with one attached hydrogen (secondary N) is 1. The molecule has 5 nitrogen and oxygen atoms in total. The van der Waals surface area contributed by atoms with Crippen molar-refractivity contribution in [3.05, 3.63) is 97.3 Å². The molecule has 0 bridgehead atoms. The van der Waals surface area contributed by atoms with Gasteiger partial charge < -0.3 is 5.32 Å². The maximum atomic E-state index is 13.8. The number of carbonyl (C=O) groups is 2. The number of pyridine rings is 1. The molecule has 1 heterocycles. The quantitative estimate of drug-likeness (QED) is 0.619. The largest absolute Gasteiger partial charge is 0.326 e. The van der Waals surface area contributed by atoms with Crippen molar-refractivity contribution < 1.29 is 9.59 Å². The number of benzene rings is 2. The molecule has 0 fully saturated rings. The number of amides is 2. The van der Waals surface area contributed by atoms with E-state index in [9.17, 15) is 9.59 Å². The van der Waals surface area contributed by atoms with E-state index < -0.39 is 11.8 Å². The summed E-state index contributed by atoms with van der Waals surface area (Å²) in [6, 6.07) is 22.6. The average Bonchev–Trinajstić information content (AvgIpc) is 2.81. The lowest BCUT2D eigenvalue weighted by molar-refractivity contribution is -0.130. The second-order valence-corrected chi connectivity index (χ2v) is 7.23. The fraction of sp³-hybridized carbons (Fsp3) is 0.160. The molecule has 0 spiro atoms. The van der Waals surface area contributed by atoms with E-state index in [-0.39, 0.29) is 11.8 Å². The maximum Gasteiger partial charge on any atom is 0.235 e. The maximum absolute atomic E-state index is 13.8. The van der Waals surface area contributed by atoms with E-state index in [1.807, 2.05) is 72.8 Å². The molecule has 5 heteroatoms. The highest BCUT2D eigenvalue weighted by molar-refractivity contribution is 6.05. The lowest BCUT2D eigenvalue weighted by atomic mass is 9.81. The molecule has 2 aromatic carbocycles. The molecule has 2 amide bonds. The Kier molecular flexibility index (Phi) is 5.99. The summed E-state index contributed by atoms with van der Waals surface area (Å²) in [7, 11) is 0. The fourth-order valence-electron chi connectivity index (χ4n) is 3.77. The molecule has 1 aromatic heterocycles. The predicted octanol–water partition coefficient (Wildman–Crippen LogP) is 4.97. The number of aromatic nitrogens is 1. The van der Waals surface area contributed by atoms with Crippen LogP contribution in [0.2, 0.25) is 0 Å². The van der Waals surface area contributed by atoms with Crippen molar-refractivity contribution in [1.29, 1.82) is 0 Å². The van der Waals surface area contributed by atoms with Crippen LogP contribution in [0.3, 0.4) is 0 Å². The van der Waals surface area contributed by atoms with Gasteiger partial charge in [-0.25, -0.2) is 0 Å². The van der Waals surface area contributed by atoms with Gasteiger partial charge in [-0.3, -0.25) is 19.5 Å². The van der Waals surface area contributed by atoms with Crippen LogP contribution < -0.4 is 10.2 Å². The van der Waals surface area contributed by atoms with Gasteiger partial charge in [0.2, 0.25) is 11.8 Å². The van der Waals surface area contributed by atoms with Crippen LogP contribution in [0.25, 0.3) is 0 Å². The molecule has 150 valence electrons. The average molecular weight is 397 g/mol. The molecular formula is C25H23N3O2. The first-order valence-corrected chi connectivity index (χ1v) is 10.0. The normalized spacial score (nSPS) is 17.9. The fourth-order valence-corrected chi connectivity index (χ4v) is 3.77. The minimum absolute atomic E-state index is 0.0772. The van der Waals surface area contributed by atoms with Gasteiger partial charge in [0.1, 0.15) is 0 Å². The molecule has 3 aromatic rings. The first-order valence-electron chi connectivity index (χ1n) is 10.0. The first-order chi connectivity index (χ1) is 14.7. The van der Waals surface area contributed by atoms with Crippen LogP contribution in [0.1, 0.15) is 12.8 Å². The van der Waals surface area contributed by atoms with E-state index in [4.69, 9.17) is 0 Å². The van der Waals surface area contributed by atoms with Crippen molar-refractivity contribution in [2.24, 2.45) is 11.8 Å². The monoisotopic (exact) mass is 397 g/mol. The number of carbonyl (C=O) groups excluding carboxylic acids is 2. The minimum atomic E-state index is -0.447. The molecule has 4 rings (SSSR count). The summed E-state index contributed by atoms with van der Waals surface area (Å²) in [4.78, 5) is 32.5. The van der Waals surface area contributed by atoms with Crippen molar-refractivity contribution in [2.45, 2.75) is 12.8 Å². The molecular weight excluding hydrogens is 374 g/mol. The number of anilines is 3. The molecule has 1 aliphatic rings. The van der Waals surface area contributed by atoms with E-state index in [0.29, 0.717) is 18.5 Å². The molecule has 0 aliphatic heterocycles. The highest BCUT2D eigenvalue weighted by atomic mass is 16.2. The SMILES string of the molecule is O=C(Nc1ccncc1)C1CC=CCC1C(=O)N(c1ccccc1)c1ccccc1. The van der Waals surface area contributed by atoms with Gasteiger partial charge in [0.25, 0.3) is 0 Å². The van der Waals surface area contributed by atoms with Crippen LogP contribution >= 0.6 is 0 Å². The Morgan fingerprint density at radius 1 is 0.767 bits per heavy atom. The summed E-state index contributed by atoms with van der Waals surface area (Å²) >= 11 is 0. The van der Waals surface area contributed by atoms with Gasteiger partial charge in [0.05, 0.1) is 11.8 Å². The molecule has 2 atom stereocenters. The highest BCUT2D eigenvalue weighted by Crippen LogP contribution is 2.34. The summed E-state index contributed by atoms with van der Waals surface area (Å²) in [5.74, 6) is -1.11. The van der Waals surface area contributed by atoms with Crippen molar-refractivity contribution >= 4 is 28.9 Å². The number of hydrogen-bond donors (Lipinski definition) is 1. The molecule has 1 aliphatic carbocycles. The number of hydrogen-bond acceptors (Lipinski definition) is 3. The second kappa shape index (κ2) is 9.18. The Balaban J connectivity index is 1.64. The number of para-hydroxylation sites is 2. The Morgan fingerprint density at radius 2 is 1.30 bits per heavy atom. The predicted molar refractivity (Wildman–Crippen MR) is 118 cm³/mol. The summed E-state index contributed by atoms with van der Waals surface area (Å²) in [6.07, 6.45) is 8.30. The van der Waals surface area contributed by atoms with Gasteiger partial charge in [0.15, 0.2) is 0 Å². The van der Waals surface area contributed by atoms with Crippen molar-refractivity contribution in [1.82, 2.24) is 4.98 Å². The summed E-state index contributed by atoms with van der Waals surface area (Å²) in [5, 5.41) is 2.93. The number of rotatable bonds is 5. The van der Waals surface area contributed by atoms with Crippen LogP contribution in [0.15, 0.2) is 97.3 Å². The Morgan fingerprint density at radius 3 is 1.87 bits per heavy atom. The Hall–Kier alpha value is -3.73. The third-order valence-electron chi connectivity index (χ3n) is 5.28. The van der Waals surface area contributed by atoms with Crippen molar-refractivity contribution in [2.75, 3.05) is 10.2 Å². The minimum Gasteiger partial charge on any atom is -0.326 e. The van der Waals surface area contributed by atoms with Gasteiger partial charge in [-0.2, -0.15) is 0 Å². The molecule has 2 unspecified atom stereocenters. The van der Waals surface area contributed by atoms with E-state index in [1.165, 1.54) is 0 Å². The van der Waals surface area contributed by atoms with E-state index in [1.54, 1.807) is 29.4 Å². The van der Waals surface area contributed by atoms with Crippen LogP contribution in [-0.2, 0) is 9.59 Å². The third-order valence-corrected chi connectivity index (χ3v) is 5.28. The third kappa shape index (κ3) is 4.30. The topological polar surface area (TPSA) is 62.3 Å².